The molecule has 0 saturated heterocycles. The van der Waals surface area contributed by atoms with Crippen LogP contribution in [0.25, 0.3) is 0 Å². The molecule has 0 unspecified atom stereocenters. The van der Waals surface area contributed by atoms with Crippen LogP contribution in [0.1, 0.15) is 37.7 Å². The molecule has 1 aliphatic carbocycles. The number of hydrazone groups is 1. The predicted octanol–water partition coefficient (Wildman–Crippen LogP) is 3.54. The fraction of sp³-hybridized carbons (Fsp3) is 0.467. The molecule has 0 atom stereocenters. The molecule has 1 fully saturated rings. The number of thioether (sulfide) groups is 1. The maximum absolute atomic E-state index is 5.25. The Morgan fingerprint density at radius 3 is 2.60 bits per heavy atom. The van der Waals surface area contributed by atoms with Crippen molar-refractivity contribution < 1.29 is 0 Å². The second kappa shape index (κ2) is 8.27. The van der Waals surface area contributed by atoms with Crippen LogP contribution in [0.15, 0.2) is 34.3 Å². The monoisotopic (exact) mass is 307 g/mol. The van der Waals surface area contributed by atoms with Crippen molar-refractivity contribution in [1.82, 2.24) is 10.7 Å². The SMILES string of the molecule is CSc1ccc(C=NNC(=S)NC2CCCCC2)cc1. The topological polar surface area (TPSA) is 36.4 Å². The van der Waals surface area contributed by atoms with Gasteiger partial charge in [0.1, 0.15) is 0 Å². The van der Waals surface area contributed by atoms with Gasteiger partial charge >= 0.3 is 0 Å². The van der Waals surface area contributed by atoms with Gasteiger partial charge in [-0.05, 0) is 49.0 Å². The molecule has 0 aliphatic heterocycles. The van der Waals surface area contributed by atoms with Gasteiger partial charge in [0.2, 0.25) is 0 Å². The lowest BCUT2D eigenvalue weighted by Gasteiger charge is -2.23. The van der Waals surface area contributed by atoms with Gasteiger partial charge in [0.15, 0.2) is 5.11 Å². The molecule has 3 nitrogen and oxygen atoms in total. The molecule has 0 heterocycles. The highest BCUT2D eigenvalue weighted by Crippen LogP contribution is 2.17. The van der Waals surface area contributed by atoms with Crippen LogP contribution in [0.5, 0.6) is 0 Å². The summed E-state index contributed by atoms with van der Waals surface area (Å²) >= 11 is 6.99. The summed E-state index contributed by atoms with van der Waals surface area (Å²) in [6.45, 7) is 0. The Balaban J connectivity index is 1.75. The number of rotatable bonds is 4. The molecule has 1 aromatic carbocycles. The highest BCUT2D eigenvalue weighted by Gasteiger charge is 2.13. The molecule has 1 aromatic rings. The summed E-state index contributed by atoms with van der Waals surface area (Å²) in [6.07, 6.45) is 10.2. The summed E-state index contributed by atoms with van der Waals surface area (Å²) in [5.41, 5.74) is 3.96. The van der Waals surface area contributed by atoms with E-state index in [0.717, 1.165) is 5.56 Å². The fourth-order valence-electron chi connectivity index (χ4n) is 2.32. The summed E-state index contributed by atoms with van der Waals surface area (Å²) in [5, 5.41) is 8.12. The maximum atomic E-state index is 5.25. The Hall–Kier alpha value is -1.07. The quantitative estimate of drug-likeness (QED) is 0.386. The lowest BCUT2D eigenvalue weighted by Crippen LogP contribution is -2.40. The van der Waals surface area contributed by atoms with Crippen LogP contribution < -0.4 is 10.7 Å². The average Bonchev–Trinajstić information content (AvgIpc) is 2.49. The van der Waals surface area contributed by atoms with Crippen LogP contribution in [0.3, 0.4) is 0 Å². The molecule has 0 spiro atoms. The molecule has 0 amide bonds. The average molecular weight is 307 g/mol. The Morgan fingerprint density at radius 2 is 1.95 bits per heavy atom. The van der Waals surface area contributed by atoms with E-state index in [1.54, 1.807) is 18.0 Å². The first kappa shape index (κ1) is 15.3. The van der Waals surface area contributed by atoms with E-state index in [-0.39, 0.29) is 0 Å². The minimum atomic E-state index is 0.514. The van der Waals surface area contributed by atoms with Crippen molar-refractivity contribution >= 4 is 35.3 Å². The Morgan fingerprint density at radius 1 is 1.25 bits per heavy atom. The second-order valence-corrected chi connectivity index (χ2v) is 6.24. The van der Waals surface area contributed by atoms with Gasteiger partial charge in [-0.3, -0.25) is 5.43 Å². The van der Waals surface area contributed by atoms with Crippen LogP contribution in [-0.2, 0) is 0 Å². The molecule has 0 bridgehead atoms. The predicted molar refractivity (Wildman–Crippen MR) is 91.6 cm³/mol. The van der Waals surface area contributed by atoms with Crippen LogP contribution >= 0.6 is 24.0 Å². The van der Waals surface area contributed by atoms with Crippen molar-refractivity contribution in [3.8, 4) is 0 Å². The highest BCUT2D eigenvalue weighted by molar-refractivity contribution is 7.98. The number of benzene rings is 1. The lowest BCUT2D eigenvalue weighted by atomic mass is 9.96. The standard InChI is InChI=1S/C15H21N3S2/c1-20-14-9-7-12(8-10-14)11-16-18-15(19)17-13-5-3-2-4-6-13/h7-11,13H,2-6H2,1H3,(H2,17,18,19). The van der Waals surface area contributed by atoms with Crippen LogP contribution in [0.2, 0.25) is 0 Å². The van der Waals surface area contributed by atoms with E-state index in [0.29, 0.717) is 11.2 Å². The third kappa shape index (κ3) is 5.13. The number of nitrogens with one attached hydrogen (secondary N) is 2. The van der Waals surface area contributed by atoms with Gasteiger partial charge in [0, 0.05) is 10.9 Å². The fourth-order valence-corrected chi connectivity index (χ4v) is 2.95. The lowest BCUT2D eigenvalue weighted by molar-refractivity contribution is 0.412. The van der Waals surface area contributed by atoms with E-state index >= 15 is 0 Å². The highest BCUT2D eigenvalue weighted by atomic mass is 32.2. The summed E-state index contributed by atoms with van der Waals surface area (Å²) in [4.78, 5) is 1.25. The summed E-state index contributed by atoms with van der Waals surface area (Å²) < 4.78 is 0. The van der Waals surface area contributed by atoms with Gasteiger partial charge in [-0.2, -0.15) is 5.10 Å². The molecule has 5 heteroatoms. The van der Waals surface area contributed by atoms with Crippen molar-refractivity contribution in [1.29, 1.82) is 0 Å². The van der Waals surface area contributed by atoms with Crippen molar-refractivity contribution in [2.45, 2.75) is 43.0 Å². The molecule has 1 aliphatic rings. The van der Waals surface area contributed by atoms with Gasteiger partial charge in [0.25, 0.3) is 0 Å². The van der Waals surface area contributed by atoms with Gasteiger partial charge in [-0.25, -0.2) is 0 Å². The molecule has 108 valence electrons. The molecule has 2 N–H and O–H groups in total. The molecule has 20 heavy (non-hydrogen) atoms. The first-order chi connectivity index (χ1) is 9.78. The maximum Gasteiger partial charge on any atom is 0.187 e. The minimum absolute atomic E-state index is 0.514. The number of hydrogen-bond acceptors (Lipinski definition) is 3. The van der Waals surface area contributed by atoms with Gasteiger partial charge in [0.05, 0.1) is 6.21 Å². The molecule has 1 saturated carbocycles. The smallest absolute Gasteiger partial charge is 0.187 e. The molecular formula is C15H21N3S2. The van der Waals surface area contributed by atoms with E-state index in [2.05, 4.69) is 46.4 Å². The van der Waals surface area contributed by atoms with E-state index < -0.39 is 0 Å². The van der Waals surface area contributed by atoms with E-state index in [9.17, 15) is 0 Å². The largest absolute Gasteiger partial charge is 0.359 e. The minimum Gasteiger partial charge on any atom is -0.359 e. The molecular weight excluding hydrogens is 286 g/mol. The van der Waals surface area contributed by atoms with Crippen LogP contribution in [0, 0.1) is 0 Å². The van der Waals surface area contributed by atoms with Crippen LogP contribution in [-0.4, -0.2) is 23.6 Å². The molecule has 0 aromatic heterocycles. The third-order valence-electron chi connectivity index (χ3n) is 3.44. The van der Waals surface area contributed by atoms with Crippen molar-refractivity contribution in [3.63, 3.8) is 0 Å². The Labute approximate surface area is 130 Å². The summed E-state index contributed by atoms with van der Waals surface area (Å²) in [6, 6.07) is 8.79. The Kier molecular flexibility index (Phi) is 6.33. The first-order valence-corrected chi connectivity index (χ1v) is 8.65. The third-order valence-corrected chi connectivity index (χ3v) is 4.39. The second-order valence-electron chi connectivity index (χ2n) is 4.95. The van der Waals surface area contributed by atoms with Crippen LogP contribution in [0.4, 0.5) is 0 Å². The van der Waals surface area contributed by atoms with Gasteiger partial charge in [-0.1, -0.05) is 31.4 Å². The number of hydrogen-bond donors (Lipinski definition) is 2. The van der Waals surface area contributed by atoms with Gasteiger partial charge < -0.3 is 5.32 Å². The molecule has 2 rings (SSSR count). The van der Waals surface area contributed by atoms with Crippen molar-refractivity contribution in [3.05, 3.63) is 29.8 Å². The Bertz CT molecular complexity index is 451. The van der Waals surface area contributed by atoms with Crippen molar-refractivity contribution in [2.24, 2.45) is 5.10 Å². The number of nitrogens with zero attached hydrogens (tertiary/aromatic N) is 1. The van der Waals surface area contributed by atoms with E-state index in [4.69, 9.17) is 12.2 Å². The summed E-state index contributed by atoms with van der Waals surface area (Å²) in [7, 11) is 0. The summed E-state index contributed by atoms with van der Waals surface area (Å²) in [5.74, 6) is 0. The normalized spacial score (nSPS) is 16.2. The molecule has 0 radical (unpaired) electrons. The zero-order valence-electron chi connectivity index (χ0n) is 11.8. The van der Waals surface area contributed by atoms with E-state index in [1.807, 2.05) is 0 Å². The van der Waals surface area contributed by atoms with Crippen molar-refractivity contribution in [2.75, 3.05) is 6.26 Å². The number of thiocarbonyl (C=S) groups is 1. The van der Waals surface area contributed by atoms with Gasteiger partial charge in [-0.15, -0.1) is 11.8 Å². The van der Waals surface area contributed by atoms with E-state index in [1.165, 1.54) is 37.0 Å². The zero-order valence-corrected chi connectivity index (χ0v) is 13.4. The first-order valence-electron chi connectivity index (χ1n) is 7.01. The zero-order chi connectivity index (χ0) is 14.2.